The molecule has 0 aromatic heterocycles. The molecular formula is C29H58NO2+. The van der Waals surface area contributed by atoms with Crippen LogP contribution in [0.15, 0.2) is 12.2 Å². The van der Waals surface area contributed by atoms with Crippen LogP contribution < -0.4 is 4.90 Å². The SMILES string of the molecule is CCCCCCCC/C=C\CCCCCCCCCC1CC[NH+](CCOCCOC)CC1. The molecule has 1 N–H and O–H groups in total. The quantitative estimate of drug-likeness (QED) is 0.137. The van der Waals surface area contributed by atoms with E-state index in [0.717, 1.165) is 19.1 Å². The molecule has 0 bridgehead atoms. The van der Waals surface area contributed by atoms with Crippen molar-refractivity contribution in [3.05, 3.63) is 12.2 Å². The molecule has 1 aliphatic rings. The highest BCUT2D eigenvalue weighted by molar-refractivity contribution is 4.81. The lowest BCUT2D eigenvalue weighted by molar-refractivity contribution is -0.906. The zero-order valence-corrected chi connectivity index (χ0v) is 22.0. The second-order valence-electron chi connectivity index (χ2n) is 10.1. The monoisotopic (exact) mass is 452 g/mol. The first-order valence-corrected chi connectivity index (χ1v) is 14.4. The fourth-order valence-corrected chi connectivity index (χ4v) is 4.94. The van der Waals surface area contributed by atoms with Crippen LogP contribution in [0.1, 0.15) is 122 Å². The number of piperidine rings is 1. The standard InChI is InChI=1S/C29H57NO2/c1-3-4-5-6-7-8-9-10-11-12-13-14-15-16-17-18-19-20-29-21-23-30(24-22-29)25-26-32-28-27-31-2/h10-11,29H,3-9,12-28H2,1-2H3/p+1/b11-10-. The molecule has 0 radical (unpaired) electrons. The van der Waals surface area contributed by atoms with Gasteiger partial charge in [-0.1, -0.05) is 96.1 Å². The second-order valence-corrected chi connectivity index (χ2v) is 10.1. The highest BCUT2D eigenvalue weighted by Crippen LogP contribution is 2.19. The number of methoxy groups -OCH3 is 1. The Balaban J connectivity index is 1.77. The molecule has 1 fully saturated rings. The van der Waals surface area contributed by atoms with Crippen molar-refractivity contribution in [2.75, 3.05) is 46.6 Å². The number of rotatable bonds is 23. The summed E-state index contributed by atoms with van der Waals surface area (Å²) in [4.78, 5) is 1.75. The van der Waals surface area contributed by atoms with Gasteiger partial charge in [0.05, 0.1) is 32.9 Å². The minimum absolute atomic E-state index is 0.716. The van der Waals surface area contributed by atoms with Gasteiger partial charge < -0.3 is 14.4 Å². The average molecular weight is 453 g/mol. The summed E-state index contributed by atoms with van der Waals surface area (Å²) in [6.45, 7) is 8.51. The summed E-state index contributed by atoms with van der Waals surface area (Å²) >= 11 is 0. The Morgan fingerprint density at radius 3 is 1.84 bits per heavy atom. The smallest absolute Gasteiger partial charge is 0.101 e. The van der Waals surface area contributed by atoms with Crippen LogP contribution >= 0.6 is 0 Å². The summed E-state index contributed by atoms with van der Waals surface area (Å²) in [6.07, 6.45) is 30.4. The van der Waals surface area contributed by atoms with E-state index in [1.54, 1.807) is 12.0 Å². The van der Waals surface area contributed by atoms with E-state index >= 15 is 0 Å². The van der Waals surface area contributed by atoms with Crippen molar-refractivity contribution in [1.82, 2.24) is 0 Å². The van der Waals surface area contributed by atoms with Gasteiger partial charge in [0.1, 0.15) is 6.54 Å². The van der Waals surface area contributed by atoms with Gasteiger partial charge in [-0.2, -0.15) is 0 Å². The maximum absolute atomic E-state index is 5.62. The Morgan fingerprint density at radius 1 is 0.688 bits per heavy atom. The normalized spacial score (nSPS) is 19.2. The lowest BCUT2D eigenvalue weighted by Crippen LogP contribution is -3.13. The van der Waals surface area contributed by atoms with E-state index in [0.29, 0.717) is 6.61 Å². The molecule has 0 aliphatic carbocycles. The number of quaternary nitrogens is 1. The molecule has 0 unspecified atom stereocenters. The van der Waals surface area contributed by atoms with Gasteiger partial charge in [-0.25, -0.2) is 0 Å². The molecule has 1 heterocycles. The number of allylic oxidation sites excluding steroid dienone is 2. The van der Waals surface area contributed by atoms with E-state index in [9.17, 15) is 0 Å². The number of unbranched alkanes of at least 4 members (excludes halogenated alkanes) is 13. The Hall–Kier alpha value is -0.380. The van der Waals surface area contributed by atoms with Crippen molar-refractivity contribution in [2.24, 2.45) is 5.92 Å². The van der Waals surface area contributed by atoms with Gasteiger partial charge in [0.2, 0.25) is 0 Å². The largest absolute Gasteiger partial charge is 0.382 e. The maximum Gasteiger partial charge on any atom is 0.101 e. The highest BCUT2D eigenvalue weighted by Gasteiger charge is 2.21. The number of hydrogen-bond acceptors (Lipinski definition) is 2. The van der Waals surface area contributed by atoms with Crippen molar-refractivity contribution in [3.63, 3.8) is 0 Å². The molecule has 3 heteroatoms. The van der Waals surface area contributed by atoms with E-state index < -0.39 is 0 Å². The van der Waals surface area contributed by atoms with Crippen LogP contribution in [0.4, 0.5) is 0 Å². The van der Waals surface area contributed by atoms with Crippen LogP contribution in [0.5, 0.6) is 0 Å². The van der Waals surface area contributed by atoms with Crippen molar-refractivity contribution in [1.29, 1.82) is 0 Å². The molecule has 0 saturated carbocycles. The number of nitrogens with one attached hydrogen (secondary N) is 1. The molecule has 3 nitrogen and oxygen atoms in total. The molecule has 0 aromatic carbocycles. The van der Waals surface area contributed by atoms with Crippen LogP contribution in [-0.4, -0.2) is 46.6 Å². The molecule has 1 saturated heterocycles. The molecule has 0 atom stereocenters. The van der Waals surface area contributed by atoms with E-state index in [4.69, 9.17) is 9.47 Å². The Labute approximate surface area is 201 Å². The first-order valence-electron chi connectivity index (χ1n) is 14.4. The van der Waals surface area contributed by atoms with Crippen molar-refractivity contribution < 1.29 is 14.4 Å². The molecular weight excluding hydrogens is 394 g/mol. The third kappa shape index (κ3) is 19.1. The summed E-state index contributed by atoms with van der Waals surface area (Å²) < 4.78 is 10.6. The molecule has 0 aromatic rings. The van der Waals surface area contributed by atoms with Gasteiger partial charge in [0.25, 0.3) is 0 Å². The van der Waals surface area contributed by atoms with Crippen LogP contribution in [0.2, 0.25) is 0 Å². The summed E-state index contributed by atoms with van der Waals surface area (Å²) in [5.74, 6) is 0.997. The van der Waals surface area contributed by atoms with Gasteiger partial charge in [0.15, 0.2) is 0 Å². The Kier molecular flexibility index (Phi) is 22.0. The summed E-state index contributed by atoms with van der Waals surface area (Å²) in [5, 5.41) is 0. The van der Waals surface area contributed by atoms with E-state index in [2.05, 4.69) is 19.1 Å². The zero-order valence-electron chi connectivity index (χ0n) is 22.0. The zero-order chi connectivity index (χ0) is 23.0. The van der Waals surface area contributed by atoms with Gasteiger partial charge in [0, 0.05) is 7.11 Å². The van der Waals surface area contributed by atoms with E-state index in [1.165, 1.54) is 135 Å². The predicted octanol–water partition coefficient (Wildman–Crippen LogP) is 6.76. The summed E-state index contributed by atoms with van der Waals surface area (Å²) in [6, 6.07) is 0. The lowest BCUT2D eigenvalue weighted by Gasteiger charge is -2.29. The fraction of sp³-hybridized carbons (Fsp3) is 0.931. The third-order valence-electron chi connectivity index (χ3n) is 7.22. The van der Waals surface area contributed by atoms with Crippen LogP contribution in [0.25, 0.3) is 0 Å². The van der Waals surface area contributed by atoms with Gasteiger partial charge >= 0.3 is 0 Å². The maximum atomic E-state index is 5.62. The molecule has 1 rings (SSSR count). The van der Waals surface area contributed by atoms with Crippen molar-refractivity contribution in [2.45, 2.75) is 122 Å². The molecule has 0 amide bonds. The number of ether oxygens (including phenoxy) is 2. The van der Waals surface area contributed by atoms with Crippen LogP contribution in [-0.2, 0) is 9.47 Å². The first kappa shape index (κ1) is 29.7. The van der Waals surface area contributed by atoms with Crippen molar-refractivity contribution >= 4 is 0 Å². The van der Waals surface area contributed by atoms with Gasteiger partial charge in [-0.15, -0.1) is 0 Å². The minimum Gasteiger partial charge on any atom is -0.382 e. The van der Waals surface area contributed by atoms with Gasteiger partial charge in [-0.05, 0) is 44.4 Å². The first-order chi connectivity index (χ1) is 15.9. The third-order valence-corrected chi connectivity index (χ3v) is 7.22. The summed E-state index contributed by atoms with van der Waals surface area (Å²) in [7, 11) is 1.73. The molecule has 32 heavy (non-hydrogen) atoms. The molecule has 1 aliphatic heterocycles. The Morgan fingerprint density at radius 2 is 1.25 bits per heavy atom. The highest BCUT2D eigenvalue weighted by atomic mass is 16.5. The number of hydrogen-bond donors (Lipinski definition) is 1. The Bertz CT molecular complexity index is 391. The number of likely N-dealkylation sites (tertiary alicyclic amines) is 1. The summed E-state index contributed by atoms with van der Waals surface area (Å²) in [5.41, 5.74) is 0. The van der Waals surface area contributed by atoms with Crippen LogP contribution in [0, 0.1) is 5.92 Å². The lowest BCUT2D eigenvalue weighted by atomic mass is 9.91. The average Bonchev–Trinajstić information content (AvgIpc) is 2.82. The molecule has 190 valence electrons. The second kappa shape index (κ2) is 23.8. The van der Waals surface area contributed by atoms with E-state index in [-0.39, 0.29) is 0 Å². The minimum atomic E-state index is 0.716. The van der Waals surface area contributed by atoms with E-state index in [1.807, 2.05) is 0 Å². The van der Waals surface area contributed by atoms with Gasteiger partial charge in [-0.3, -0.25) is 0 Å². The van der Waals surface area contributed by atoms with Crippen LogP contribution in [0.3, 0.4) is 0 Å². The predicted molar refractivity (Wildman–Crippen MR) is 140 cm³/mol. The van der Waals surface area contributed by atoms with Crippen molar-refractivity contribution in [3.8, 4) is 0 Å². The topological polar surface area (TPSA) is 22.9 Å². The molecule has 0 spiro atoms. The fourth-order valence-electron chi connectivity index (χ4n) is 4.94.